The highest BCUT2D eigenvalue weighted by atomic mass is 32.1. The maximum Gasteiger partial charge on any atom is 0.317 e. The van der Waals surface area contributed by atoms with Gasteiger partial charge in [0.05, 0.1) is 19.0 Å². The van der Waals surface area contributed by atoms with Crippen molar-refractivity contribution < 1.29 is 19.1 Å². The average molecular weight is 375 g/mol. The Hall–Kier alpha value is -2.19. The molecule has 2 saturated carbocycles. The van der Waals surface area contributed by atoms with Gasteiger partial charge in [-0.2, -0.15) is 0 Å². The van der Waals surface area contributed by atoms with Gasteiger partial charge in [0, 0.05) is 18.6 Å². The van der Waals surface area contributed by atoms with Crippen LogP contribution in [0.25, 0.3) is 10.8 Å². The Morgan fingerprint density at radius 1 is 1.38 bits per heavy atom. The van der Waals surface area contributed by atoms with Crippen molar-refractivity contribution in [3.8, 4) is 10.8 Å². The number of rotatable bonds is 8. The molecule has 0 saturated heterocycles. The molecular formula is C18H21N3O4S. The number of furan rings is 1. The van der Waals surface area contributed by atoms with E-state index in [0.29, 0.717) is 21.6 Å². The lowest BCUT2D eigenvalue weighted by molar-refractivity contribution is -0.139. The number of carboxylic acid groups (broad SMARTS) is 1. The fourth-order valence-electron chi connectivity index (χ4n) is 3.30. The van der Waals surface area contributed by atoms with Gasteiger partial charge >= 0.3 is 5.97 Å². The van der Waals surface area contributed by atoms with Gasteiger partial charge in [-0.1, -0.05) is 0 Å². The molecule has 0 bridgehead atoms. The van der Waals surface area contributed by atoms with E-state index in [1.807, 2.05) is 6.07 Å². The molecular weight excluding hydrogens is 354 g/mol. The number of aliphatic carboxylic acids is 1. The van der Waals surface area contributed by atoms with Crippen LogP contribution in [0.4, 0.5) is 0 Å². The number of hydrogen-bond acceptors (Lipinski definition) is 6. The SMILES string of the molecule is O=C(O)CN(CC1CC1)C1CC(NC(=O)c2cnc(-c3ccco3)s2)C1. The number of thiazole rings is 1. The third-order valence-corrected chi connectivity index (χ3v) is 5.96. The van der Waals surface area contributed by atoms with E-state index in [0.717, 1.165) is 19.4 Å². The number of nitrogens with one attached hydrogen (secondary N) is 1. The van der Waals surface area contributed by atoms with E-state index in [-0.39, 0.29) is 24.5 Å². The Morgan fingerprint density at radius 3 is 2.85 bits per heavy atom. The van der Waals surface area contributed by atoms with Crippen LogP contribution < -0.4 is 5.32 Å². The second-order valence-electron chi connectivity index (χ2n) is 7.07. The van der Waals surface area contributed by atoms with Crippen molar-refractivity contribution in [3.05, 3.63) is 29.5 Å². The standard InChI is InChI=1S/C18H21N3O4S/c22-16(23)10-21(9-11-3-4-11)13-6-12(7-13)20-17(24)15-8-19-18(26-15)14-2-1-5-25-14/h1-2,5,8,11-13H,3-4,6-7,9-10H2,(H,20,24)(H,22,23). The molecule has 0 aliphatic heterocycles. The molecule has 138 valence electrons. The van der Waals surface area contributed by atoms with Gasteiger partial charge in [-0.3, -0.25) is 14.5 Å². The van der Waals surface area contributed by atoms with Crippen LogP contribution in [0.5, 0.6) is 0 Å². The van der Waals surface area contributed by atoms with Crippen molar-refractivity contribution in [1.29, 1.82) is 0 Å². The first-order valence-electron chi connectivity index (χ1n) is 8.85. The first-order valence-corrected chi connectivity index (χ1v) is 9.66. The highest BCUT2D eigenvalue weighted by molar-refractivity contribution is 7.16. The third kappa shape index (κ3) is 3.96. The van der Waals surface area contributed by atoms with Crippen molar-refractivity contribution >= 4 is 23.2 Å². The third-order valence-electron chi connectivity index (χ3n) is 4.95. The molecule has 0 aromatic carbocycles. The molecule has 26 heavy (non-hydrogen) atoms. The second kappa shape index (κ2) is 7.20. The van der Waals surface area contributed by atoms with E-state index < -0.39 is 5.97 Å². The molecule has 4 rings (SSSR count). The monoisotopic (exact) mass is 375 g/mol. The molecule has 2 aromatic rings. The van der Waals surface area contributed by atoms with Gasteiger partial charge in [0.15, 0.2) is 10.8 Å². The van der Waals surface area contributed by atoms with Gasteiger partial charge in [0.25, 0.3) is 5.91 Å². The summed E-state index contributed by atoms with van der Waals surface area (Å²) in [6, 6.07) is 3.94. The molecule has 2 aliphatic rings. The average Bonchev–Trinajstić information content (AvgIpc) is 3.03. The van der Waals surface area contributed by atoms with E-state index in [9.17, 15) is 9.59 Å². The zero-order valence-electron chi connectivity index (χ0n) is 14.3. The van der Waals surface area contributed by atoms with Crippen LogP contribution in [0.2, 0.25) is 0 Å². The van der Waals surface area contributed by atoms with Crippen LogP contribution in [-0.4, -0.2) is 52.0 Å². The van der Waals surface area contributed by atoms with Crippen molar-refractivity contribution in [2.75, 3.05) is 13.1 Å². The van der Waals surface area contributed by atoms with Crippen molar-refractivity contribution in [2.45, 2.75) is 37.8 Å². The van der Waals surface area contributed by atoms with Crippen LogP contribution >= 0.6 is 11.3 Å². The van der Waals surface area contributed by atoms with Gasteiger partial charge in [0.2, 0.25) is 0 Å². The zero-order chi connectivity index (χ0) is 18.1. The van der Waals surface area contributed by atoms with E-state index in [1.165, 1.54) is 24.2 Å². The number of amides is 1. The minimum Gasteiger partial charge on any atom is -0.480 e. The lowest BCUT2D eigenvalue weighted by atomic mass is 9.85. The second-order valence-corrected chi connectivity index (χ2v) is 8.10. The topological polar surface area (TPSA) is 95.7 Å². The van der Waals surface area contributed by atoms with Crippen molar-refractivity contribution in [1.82, 2.24) is 15.2 Å². The lowest BCUT2D eigenvalue weighted by Crippen LogP contribution is -2.55. The highest BCUT2D eigenvalue weighted by Crippen LogP contribution is 2.34. The summed E-state index contributed by atoms with van der Waals surface area (Å²) < 4.78 is 5.30. The summed E-state index contributed by atoms with van der Waals surface area (Å²) in [7, 11) is 0. The van der Waals surface area contributed by atoms with Gasteiger partial charge in [-0.05, 0) is 43.7 Å². The number of carboxylic acids is 1. The van der Waals surface area contributed by atoms with Crippen LogP contribution in [0, 0.1) is 5.92 Å². The van der Waals surface area contributed by atoms with E-state index in [4.69, 9.17) is 9.52 Å². The predicted octanol–water partition coefficient (Wildman–Crippen LogP) is 2.46. The number of aromatic nitrogens is 1. The maximum atomic E-state index is 12.4. The van der Waals surface area contributed by atoms with Crippen LogP contribution in [-0.2, 0) is 4.79 Å². The molecule has 2 aromatic heterocycles. The summed E-state index contributed by atoms with van der Waals surface area (Å²) in [5, 5.41) is 12.8. The number of carbonyl (C=O) groups excluding carboxylic acids is 1. The molecule has 0 spiro atoms. The molecule has 2 fully saturated rings. The van der Waals surface area contributed by atoms with Gasteiger partial charge in [0.1, 0.15) is 4.88 Å². The molecule has 2 N–H and O–H groups in total. The first-order chi connectivity index (χ1) is 12.6. The molecule has 0 unspecified atom stereocenters. The van der Waals surface area contributed by atoms with Crippen LogP contribution in [0.15, 0.2) is 29.0 Å². The minimum absolute atomic E-state index is 0.0865. The van der Waals surface area contributed by atoms with Gasteiger partial charge in [-0.25, -0.2) is 4.98 Å². The smallest absolute Gasteiger partial charge is 0.317 e. The number of carbonyl (C=O) groups is 2. The Balaban J connectivity index is 1.29. The highest BCUT2D eigenvalue weighted by Gasteiger charge is 2.38. The van der Waals surface area contributed by atoms with E-state index in [2.05, 4.69) is 15.2 Å². The molecule has 7 nitrogen and oxygen atoms in total. The van der Waals surface area contributed by atoms with Gasteiger partial charge in [-0.15, -0.1) is 11.3 Å². The molecule has 0 atom stereocenters. The fraction of sp³-hybridized carbons (Fsp3) is 0.500. The first kappa shape index (κ1) is 17.2. The molecule has 8 heteroatoms. The van der Waals surface area contributed by atoms with Crippen LogP contribution in [0.3, 0.4) is 0 Å². The summed E-state index contributed by atoms with van der Waals surface area (Å²) in [6.45, 7) is 0.947. The zero-order valence-corrected chi connectivity index (χ0v) is 15.1. The number of nitrogens with zero attached hydrogens (tertiary/aromatic N) is 2. The Morgan fingerprint density at radius 2 is 2.19 bits per heavy atom. The molecule has 0 radical (unpaired) electrons. The minimum atomic E-state index is -0.784. The Bertz CT molecular complexity index is 778. The summed E-state index contributed by atoms with van der Waals surface area (Å²) >= 11 is 1.30. The summed E-state index contributed by atoms with van der Waals surface area (Å²) in [5.41, 5.74) is 0. The number of hydrogen-bond donors (Lipinski definition) is 2. The fourth-order valence-corrected chi connectivity index (χ4v) is 4.09. The predicted molar refractivity (Wildman–Crippen MR) is 96.0 cm³/mol. The van der Waals surface area contributed by atoms with Crippen molar-refractivity contribution in [2.24, 2.45) is 5.92 Å². The summed E-state index contributed by atoms with van der Waals surface area (Å²) in [6.07, 6.45) is 7.15. The van der Waals surface area contributed by atoms with Crippen molar-refractivity contribution in [3.63, 3.8) is 0 Å². The summed E-state index contributed by atoms with van der Waals surface area (Å²) in [5.74, 6) is 0.395. The van der Waals surface area contributed by atoms with Gasteiger partial charge < -0.3 is 14.8 Å². The van der Waals surface area contributed by atoms with E-state index >= 15 is 0 Å². The molecule has 2 heterocycles. The maximum absolute atomic E-state index is 12.4. The largest absolute Gasteiger partial charge is 0.480 e. The molecule has 1 amide bonds. The van der Waals surface area contributed by atoms with Crippen LogP contribution in [0.1, 0.15) is 35.4 Å². The normalized spacial score (nSPS) is 22.2. The lowest BCUT2D eigenvalue weighted by Gasteiger charge is -2.42. The Kier molecular flexibility index (Phi) is 4.78. The van der Waals surface area contributed by atoms with E-state index in [1.54, 1.807) is 18.5 Å². The Labute approximate surface area is 155 Å². The quantitative estimate of drug-likeness (QED) is 0.736. The summed E-state index contributed by atoms with van der Waals surface area (Å²) in [4.78, 5) is 30.3. The molecule has 2 aliphatic carbocycles.